The van der Waals surface area contributed by atoms with Gasteiger partial charge in [0.1, 0.15) is 12.2 Å². The Morgan fingerprint density at radius 2 is 2.25 bits per heavy atom. The fourth-order valence-corrected chi connectivity index (χ4v) is 1.56. The number of carbonyl (C=O) groups is 1. The van der Waals surface area contributed by atoms with Crippen molar-refractivity contribution < 1.29 is 14.3 Å². The Hall–Kier alpha value is -1.09. The van der Waals surface area contributed by atoms with E-state index in [1.54, 1.807) is 0 Å². The molecule has 1 fully saturated rings. The number of epoxide rings is 1. The summed E-state index contributed by atoms with van der Waals surface area (Å²) < 4.78 is 10.4. The molecule has 0 aromatic carbocycles. The van der Waals surface area contributed by atoms with E-state index in [-0.39, 0.29) is 11.6 Å². The van der Waals surface area contributed by atoms with Crippen molar-refractivity contribution in [1.82, 2.24) is 0 Å². The molecule has 0 amide bonds. The van der Waals surface area contributed by atoms with Gasteiger partial charge in [0.2, 0.25) is 0 Å². The highest BCUT2D eigenvalue weighted by Crippen LogP contribution is 2.40. The molecular formula is C13H20O3. The van der Waals surface area contributed by atoms with E-state index in [2.05, 4.69) is 6.58 Å². The normalized spacial score (nSPS) is 28.7. The van der Waals surface area contributed by atoms with Gasteiger partial charge in [-0.2, -0.15) is 0 Å². The first-order chi connectivity index (χ1) is 7.48. The van der Waals surface area contributed by atoms with E-state index in [9.17, 15) is 4.79 Å². The van der Waals surface area contributed by atoms with Crippen LogP contribution in [0.3, 0.4) is 0 Å². The Balaban J connectivity index is 2.18. The maximum absolute atomic E-state index is 10.5. The molecule has 3 heteroatoms. The molecule has 0 aromatic rings. The number of hydrogen-bond acceptors (Lipinski definition) is 3. The highest BCUT2D eigenvalue weighted by molar-refractivity contribution is 5.66. The third kappa shape index (κ3) is 3.81. The van der Waals surface area contributed by atoms with Crippen molar-refractivity contribution in [3.63, 3.8) is 0 Å². The van der Waals surface area contributed by atoms with Crippen LogP contribution in [0, 0.1) is 0 Å². The summed E-state index contributed by atoms with van der Waals surface area (Å²) in [5, 5.41) is 0. The molecule has 1 saturated heterocycles. The first kappa shape index (κ1) is 13.0. The summed E-state index contributed by atoms with van der Waals surface area (Å²) in [6, 6.07) is 0. The summed E-state index contributed by atoms with van der Waals surface area (Å²) in [7, 11) is 0. The lowest BCUT2D eigenvalue weighted by Crippen LogP contribution is -2.04. The van der Waals surface area contributed by atoms with Crippen LogP contribution in [0.25, 0.3) is 0 Å². The largest absolute Gasteiger partial charge is 0.462 e. The molecular weight excluding hydrogens is 204 g/mol. The van der Waals surface area contributed by atoms with Gasteiger partial charge in [0.15, 0.2) is 0 Å². The predicted molar refractivity (Wildman–Crippen MR) is 63.1 cm³/mol. The van der Waals surface area contributed by atoms with Gasteiger partial charge in [0.25, 0.3) is 0 Å². The summed E-state index contributed by atoms with van der Waals surface area (Å²) in [6.07, 6.45) is 6.05. The second kappa shape index (κ2) is 5.30. The van der Waals surface area contributed by atoms with Gasteiger partial charge in [0.05, 0.1) is 6.10 Å². The van der Waals surface area contributed by atoms with Gasteiger partial charge in [-0.15, -0.1) is 6.58 Å². The average molecular weight is 224 g/mol. The van der Waals surface area contributed by atoms with Crippen molar-refractivity contribution in [3.05, 3.63) is 24.3 Å². The highest BCUT2D eigenvalue weighted by Gasteiger charge is 2.48. The number of ether oxygens (including phenoxy) is 2. The molecule has 1 rings (SSSR count). The van der Waals surface area contributed by atoms with E-state index in [0.717, 1.165) is 12.8 Å². The molecule has 1 aliphatic heterocycles. The van der Waals surface area contributed by atoms with Gasteiger partial charge >= 0.3 is 5.97 Å². The van der Waals surface area contributed by atoms with Gasteiger partial charge in [-0.05, 0) is 32.8 Å². The van der Waals surface area contributed by atoms with E-state index in [1.165, 1.54) is 12.5 Å². The molecule has 1 aliphatic rings. The standard InChI is InChI=1S/C13H20O3/c1-5-13(4)12(16-13)7-6-10(2)8-9-15-11(3)14/h5,8,12H,1,6-7,9H2,2-4H3/b10-8+/t12-,13-/m0/s1. The Bertz CT molecular complexity index is 306. The van der Waals surface area contributed by atoms with E-state index in [4.69, 9.17) is 9.47 Å². The molecule has 0 radical (unpaired) electrons. The summed E-state index contributed by atoms with van der Waals surface area (Å²) in [5.41, 5.74) is 1.11. The first-order valence-electron chi connectivity index (χ1n) is 5.58. The van der Waals surface area contributed by atoms with Gasteiger partial charge < -0.3 is 9.47 Å². The van der Waals surface area contributed by atoms with Crippen molar-refractivity contribution in [2.45, 2.75) is 45.3 Å². The molecule has 0 N–H and O–H groups in total. The molecule has 1 heterocycles. The zero-order chi connectivity index (χ0) is 12.2. The molecule has 90 valence electrons. The van der Waals surface area contributed by atoms with Gasteiger partial charge in [-0.3, -0.25) is 4.79 Å². The van der Waals surface area contributed by atoms with Crippen LogP contribution < -0.4 is 0 Å². The lowest BCUT2D eigenvalue weighted by atomic mass is 10.0. The van der Waals surface area contributed by atoms with Crippen molar-refractivity contribution >= 4 is 5.97 Å². The molecule has 0 bridgehead atoms. The lowest BCUT2D eigenvalue weighted by molar-refractivity contribution is -0.139. The molecule has 0 aliphatic carbocycles. The van der Waals surface area contributed by atoms with E-state index in [0.29, 0.717) is 12.7 Å². The monoisotopic (exact) mass is 224 g/mol. The van der Waals surface area contributed by atoms with Crippen molar-refractivity contribution in [2.24, 2.45) is 0 Å². The molecule has 0 spiro atoms. The number of carbonyl (C=O) groups excluding carboxylic acids is 1. The molecule has 0 unspecified atom stereocenters. The smallest absolute Gasteiger partial charge is 0.302 e. The second-order valence-corrected chi connectivity index (χ2v) is 4.39. The van der Waals surface area contributed by atoms with Crippen LogP contribution in [-0.2, 0) is 14.3 Å². The number of hydrogen-bond donors (Lipinski definition) is 0. The van der Waals surface area contributed by atoms with Crippen LogP contribution in [0.2, 0.25) is 0 Å². The quantitative estimate of drug-likeness (QED) is 0.395. The molecule has 0 saturated carbocycles. The van der Waals surface area contributed by atoms with Crippen LogP contribution in [0.4, 0.5) is 0 Å². The van der Waals surface area contributed by atoms with Crippen LogP contribution in [0.1, 0.15) is 33.6 Å². The van der Waals surface area contributed by atoms with Crippen LogP contribution in [-0.4, -0.2) is 24.3 Å². The minimum absolute atomic E-state index is 0.115. The van der Waals surface area contributed by atoms with E-state index >= 15 is 0 Å². The zero-order valence-electron chi connectivity index (χ0n) is 10.3. The number of rotatable bonds is 6. The summed E-state index contributed by atoms with van der Waals surface area (Å²) in [4.78, 5) is 10.5. The van der Waals surface area contributed by atoms with Crippen molar-refractivity contribution in [2.75, 3.05) is 6.61 Å². The maximum Gasteiger partial charge on any atom is 0.302 e. The van der Waals surface area contributed by atoms with Gasteiger partial charge in [0, 0.05) is 6.92 Å². The second-order valence-electron chi connectivity index (χ2n) is 4.39. The fraction of sp³-hybridized carbons (Fsp3) is 0.615. The first-order valence-corrected chi connectivity index (χ1v) is 5.58. The number of esters is 1. The Kier molecular flexibility index (Phi) is 4.30. The number of allylic oxidation sites excluding steroid dienone is 1. The van der Waals surface area contributed by atoms with Crippen LogP contribution in [0.15, 0.2) is 24.3 Å². The van der Waals surface area contributed by atoms with Gasteiger partial charge in [-0.1, -0.05) is 11.6 Å². The Morgan fingerprint density at radius 1 is 1.56 bits per heavy atom. The molecule has 3 nitrogen and oxygen atoms in total. The zero-order valence-corrected chi connectivity index (χ0v) is 10.3. The minimum Gasteiger partial charge on any atom is -0.462 e. The topological polar surface area (TPSA) is 38.8 Å². The minimum atomic E-state index is -0.242. The van der Waals surface area contributed by atoms with E-state index < -0.39 is 0 Å². The average Bonchev–Trinajstić information content (AvgIpc) is 2.87. The summed E-state index contributed by atoms with van der Waals surface area (Å²) in [5.74, 6) is -0.242. The molecule has 16 heavy (non-hydrogen) atoms. The third-order valence-corrected chi connectivity index (χ3v) is 2.90. The Labute approximate surface area is 97.1 Å². The SMILES string of the molecule is C=C[C@]1(C)O[C@H]1CC/C(C)=C/COC(C)=O. The molecule has 2 atom stereocenters. The van der Waals surface area contributed by atoms with Crippen LogP contribution in [0.5, 0.6) is 0 Å². The summed E-state index contributed by atoms with van der Waals surface area (Å²) >= 11 is 0. The lowest BCUT2D eigenvalue weighted by Gasteiger charge is -2.01. The summed E-state index contributed by atoms with van der Waals surface area (Å²) in [6.45, 7) is 9.61. The maximum atomic E-state index is 10.5. The molecule has 0 aromatic heterocycles. The van der Waals surface area contributed by atoms with Crippen molar-refractivity contribution in [1.29, 1.82) is 0 Å². The fourth-order valence-electron chi connectivity index (χ4n) is 1.56. The van der Waals surface area contributed by atoms with E-state index in [1.807, 2.05) is 26.0 Å². The Morgan fingerprint density at radius 3 is 2.75 bits per heavy atom. The predicted octanol–water partition coefficient (Wildman–Crippen LogP) is 2.62. The van der Waals surface area contributed by atoms with Crippen molar-refractivity contribution in [3.8, 4) is 0 Å². The van der Waals surface area contributed by atoms with Crippen LogP contribution >= 0.6 is 0 Å². The highest BCUT2D eigenvalue weighted by atomic mass is 16.6. The third-order valence-electron chi connectivity index (χ3n) is 2.90. The van der Waals surface area contributed by atoms with Gasteiger partial charge in [-0.25, -0.2) is 0 Å².